The van der Waals surface area contributed by atoms with Crippen molar-refractivity contribution in [1.29, 1.82) is 0 Å². The van der Waals surface area contributed by atoms with Gasteiger partial charge in [-0.25, -0.2) is 13.6 Å². The van der Waals surface area contributed by atoms with Crippen molar-refractivity contribution in [3.05, 3.63) is 22.0 Å². The summed E-state index contributed by atoms with van der Waals surface area (Å²) in [6.45, 7) is 0.109. The predicted molar refractivity (Wildman–Crippen MR) is 70.8 cm³/mol. The van der Waals surface area contributed by atoms with E-state index in [0.29, 0.717) is 5.69 Å². The second-order valence-corrected chi connectivity index (χ2v) is 6.75. The lowest BCUT2D eigenvalue weighted by atomic mass is 10.4. The summed E-state index contributed by atoms with van der Waals surface area (Å²) in [6, 6.07) is 1.69. The van der Waals surface area contributed by atoms with E-state index in [-0.39, 0.29) is 18.9 Å². The Balaban J connectivity index is 2.31. The molecule has 2 N–H and O–H groups in total. The zero-order chi connectivity index (χ0) is 12.6. The molecule has 1 aromatic rings. The van der Waals surface area contributed by atoms with Crippen LogP contribution in [-0.2, 0) is 14.8 Å². The second kappa shape index (κ2) is 4.50. The van der Waals surface area contributed by atoms with Crippen molar-refractivity contribution >= 4 is 44.2 Å². The molecule has 1 saturated heterocycles. The Morgan fingerprint density at radius 1 is 1.53 bits per heavy atom. The number of nitrogens with zero attached hydrogens (tertiary/aromatic N) is 2. The van der Waals surface area contributed by atoms with Crippen LogP contribution in [0.4, 0.5) is 5.69 Å². The maximum Gasteiger partial charge on any atom is 0.228 e. The van der Waals surface area contributed by atoms with Crippen molar-refractivity contribution in [2.24, 2.45) is 5.14 Å². The van der Waals surface area contributed by atoms with E-state index in [1.165, 1.54) is 4.90 Å². The molecule has 6 nitrogen and oxygen atoms in total. The Kier molecular flexibility index (Phi) is 3.36. The molecule has 2 heterocycles. The van der Waals surface area contributed by atoms with Crippen LogP contribution >= 0.6 is 22.6 Å². The quantitative estimate of drug-likeness (QED) is 0.750. The molecule has 1 fully saturated rings. The molecule has 2 rings (SSSR count). The Labute approximate surface area is 112 Å². The van der Waals surface area contributed by atoms with Crippen LogP contribution in [0.3, 0.4) is 0 Å². The van der Waals surface area contributed by atoms with E-state index < -0.39 is 15.3 Å². The topological polar surface area (TPSA) is 93.4 Å². The maximum absolute atomic E-state index is 11.8. The fourth-order valence-corrected chi connectivity index (χ4v) is 3.08. The molecule has 1 aliphatic heterocycles. The number of nitrogens with two attached hydrogens (primary N) is 1. The van der Waals surface area contributed by atoms with Crippen LogP contribution in [0.15, 0.2) is 18.5 Å². The van der Waals surface area contributed by atoms with Gasteiger partial charge < -0.3 is 4.90 Å². The van der Waals surface area contributed by atoms with Crippen LogP contribution in [-0.4, -0.2) is 31.1 Å². The number of halogens is 1. The molecular formula is C9H10IN3O3S. The average Bonchev–Trinajstić information content (AvgIpc) is 2.61. The van der Waals surface area contributed by atoms with E-state index in [4.69, 9.17) is 5.14 Å². The Morgan fingerprint density at radius 2 is 2.24 bits per heavy atom. The van der Waals surface area contributed by atoms with E-state index in [0.717, 1.165) is 3.57 Å². The predicted octanol–water partition coefficient (Wildman–Crippen LogP) is 0.0800. The van der Waals surface area contributed by atoms with E-state index in [2.05, 4.69) is 27.6 Å². The molecule has 0 bridgehead atoms. The van der Waals surface area contributed by atoms with Crippen LogP contribution in [0, 0.1) is 3.57 Å². The zero-order valence-electron chi connectivity index (χ0n) is 8.71. The molecule has 0 aliphatic carbocycles. The molecule has 1 unspecified atom stereocenters. The second-order valence-electron chi connectivity index (χ2n) is 3.75. The van der Waals surface area contributed by atoms with Gasteiger partial charge in [0.15, 0.2) is 0 Å². The zero-order valence-corrected chi connectivity index (χ0v) is 11.7. The van der Waals surface area contributed by atoms with E-state index in [1.807, 2.05) is 0 Å². The molecule has 0 radical (unpaired) electrons. The summed E-state index contributed by atoms with van der Waals surface area (Å²) in [6.07, 6.45) is 3.12. The summed E-state index contributed by atoms with van der Waals surface area (Å²) in [5, 5.41) is 4.24. The number of carbonyl (C=O) groups excluding carboxylic acids is 1. The number of hydrogen-bond acceptors (Lipinski definition) is 4. The van der Waals surface area contributed by atoms with Crippen molar-refractivity contribution < 1.29 is 13.2 Å². The molecule has 1 atom stereocenters. The van der Waals surface area contributed by atoms with Crippen molar-refractivity contribution in [3.8, 4) is 0 Å². The fourth-order valence-electron chi connectivity index (χ4n) is 1.71. The van der Waals surface area contributed by atoms with Gasteiger partial charge in [0.05, 0.1) is 9.26 Å². The highest BCUT2D eigenvalue weighted by Gasteiger charge is 2.37. The van der Waals surface area contributed by atoms with Crippen molar-refractivity contribution in [3.63, 3.8) is 0 Å². The molecular weight excluding hydrogens is 357 g/mol. The summed E-state index contributed by atoms with van der Waals surface area (Å²) in [5.41, 5.74) is 0.678. The number of sulfonamides is 1. The summed E-state index contributed by atoms with van der Waals surface area (Å²) in [4.78, 5) is 17.1. The van der Waals surface area contributed by atoms with Crippen LogP contribution in [0.5, 0.6) is 0 Å². The summed E-state index contributed by atoms with van der Waals surface area (Å²) < 4.78 is 23.3. The summed E-state index contributed by atoms with van der Waals surface area (Å²) in [5.74, 6) is -0.229. The van der Waals surface area contributed by atoms with Crippen LogP contribution < -0.4 is 10.0 Å². The maximum atomic E-state index is 11.8. The molecule has 92 valence electrons. The highest BCUT2D eigenvalue weighted by Crippen LogP contribution is 2.27. The number of aromatic nitrogens is 1. The molecule has 1 aliphatic rings. The Hall–Kier alpha value is -0.740. The standard InChI is InChI=1S/C9H10IN3O3S/c10-7-4-12-2-1-8(7)13-5-6(3-9(13)14)17(11,15)16/h1-2,4,6H,3,5H2,(H2,11,15,16). The SMILES string of the molecule is NS(=O)(=O)C1CC(=O)N(c2ccncc2I)C1. The Bertz CT molecular complexity index is 560. The first kappa shape index (κ1) is 12.7. The van der Waals surface area contributed by atoms with Gasteiger partial charge in [-0.1, -0.05) is 0 Å². The minimum atomic E-state index is -3.67. The van der Waals surface area contributed by atoms with Gasteiger partial charge in [0.1, 0.15) is 5.25 Å². The summed E-state index contributed by atoms with van der Waals surface area (Å²) in [7, 11) is -3.67. The van der Waals surface area contributed by atoms with Gasteiger partial charge in [0.2, 0.25) is 15.9 Å². The first-order valence-electron chi connectivity index (χ1n) is 4.81. The van der Waals surface area contributed by atoms with Gasteiger partial charge in [-0.15, -0.1) is 0 Å². The normalized spacial score (nSPS) is 20.9. The largest absolute Gasteiger partial charge is 0.310 e. The lowest BCUT2D eigenvalue weighted by Crippen LogP contribution is -2.32. The molecule has 1 aromatic heterocycles. The van der Waals surface area contributed by atoms with Crippen molar-refractivity contribution in [2.45, 2.75) is 11.7 Å². The van der Waals surface area contributed by atoms with Crippen molar-refractivity contribution in [1.82, 2.24) is 4.98 Å². The Morgan fingerprint density at radius 3 is 2.76 bits per heavy atom. The third-order valence-corrected chi connectivity index (χ3v) is 4.67. The van der Waals surface area contributed by atoms with Gasteiger partial charge in [-0.05, 0) is 28.7 Å². The number of rotatable bonds is 2. The molecule has 0 aromatic carbocycles. The van der Waals surface area contributed by atoms with E-state index in [1.54, 1.807) is 18.5 Å². The monoisotopic (exact) mass is 367 g/mol. The summed E-state index contributed by atoms with van der Waals surface area (Å²) >= 11 is 2.05. The van der Waals surface area contributed by atoms with Gasteiger partial charge in [-0.2, -0.15) is 0 Å². The number of pyridine rings is 1. The van der Waals surface area contributed by atoms with E-state index >= 15 is 0 Å². The molecule has 1 amide bonds. The van der Waals surface area contributed by atoms with Crippen LogP contribution in [0.2, 0.25) is 0 Å². The lowest BCUT2D eigenvalue weighted by molar-refractivity contribution is -0.117. The van der Waals surface area contributed by atoms with Gasteiger partial charge >= 0.3 is 0 Å². The number of anilines is 1. The van der Waals surface area contributed by atoms with Gasteiger partial charge in [0.25, 0.3) is 0 Å². The molecule has 0 saturated carbocycles. The van der Waals surface area contributed by atoms with Crippen LogP contribution in [0.25, 0.3) is 0 Å². The first-order chi connectivity index (χ1) is 7.89. The smallest absolute Gasteiger partial charge is 0.228 e. The third-order valence-electron chi connectivity index (χ3n) is 2.60. The van der Waals surface area contributed by atoms with E-state index in [9.17, 15) is 13.2 Å². The highest BCUT2D eigenvalue weighted by atomic mass is 127. The first-order valence-corrected chi connectivity index (χ1v) is 7.50. The minimum absolute atomic E-state index is 0.0583. The number of amides is 1. The van der Waals surface area contributed by atoms with Gasteiger partial charge in [-0.3, -0.25) is 9.78 Å². The van der Waals surface area contributed by atoms with Gasteiger partial charge in [0, 0.05) is 25.4 Å². The average molecular weight is 367 g/mol. The van der Waals surface area contributed by atoms with Crippen LogP contribution in [0.1, 0.15) is 6.42 Å². The molecule has 8 heteroatoms. The molecule has 17 heavy (non-hydrogen) atoms. The number of carbonyl (C=O) groups is 1. The third kappa shape index (κ3) is 2.58. The highest BCUT2D eigenvalue weighted by molar-refractivity contribution is 14.1. The lowest BCUT2D eigenvalue weighted by Gasteiger charge is -2.17. The fraction of sp³-hybridized carbons (Fsp3) is 0.333. The van der Waals surface area contributed by atoms with Crippen molar-refractivity contribution in [2.75, 3.05) is 11.4 Å². The minimum Gasteiger partial charge on any atom is -0.310 e. The number of primary sulfonamides is 1. The number of hydrogen-bond donors (Lipinski definition) is 1. The molecule has 0 spiro atoms.